The Kier molecular flexibility index (Phi) is 4.23. The zero-order chi connectivity index (χ0) is 11.4. The number of benzene rings is 1. The predicted octanol–water partition coefficient (Wildman–Crippen LogP) is 2.65. The van der Waals surface area contributed by atoms with Crippen molar-refractivity contribution in [1.82, 2.24) is 0 Å². The minimum Gasteiger partial charge on any atom is -0.389 e. The first-order valence-electron chi connectivity index (χ1n) is 4.12. The number of hydrogen-bond donors (Lipinski definition) is 2. The monoisotopic (exact) mass is 250 g/mol. The molecule has 2 nitrogen and oxygen atoms in total. The van der Waals surface area contributed by atoms with Gasteiger partial charge in [-0.3, -0.25) is 0 Å². The van der Waals surface area contributed by atoms with Crippen molar-refractivity contribution in [2.24, 2.45) is 5.73 Å². The second-order valence-corrected chi connectivity index (χ2v) is 3.68. The van der Waals surface area contributed by atoms with E-state index in [1.54, 1.807) is 12.1 Å². The normalized spacial score (nSPS) is 10.4. The number of nitrogens with one attached hydrogen (secondary N) is 1. The molecule has 0 fully saturated rings. The lowest BCUT2D eigenvalue weighted by Gasteiger charge is -2.08. The summed E-state index contributed by atoms with van der Waals surface area (Å²) < 4.78 is 23.8. The van der Waals surface area contributed by atoms with E-state index in [1.165, 1.54) is 6.07 Å². The van der Waals surface area contributed by atoms with Crippen molar-refractivity contribution < 1.29 is 8.78 Å². The molecule has 0 radical (unpaired) electrons. The zero-order valence-electron chi connectivity index (χ0n) is 7.64. The molecule has 1 aromatic carbocycles. The second kappa shape index (κ2) is 5.23. The second-order valence-electron chi connectivity index (χ2n) is 2.83. The Morgan fingerprint density at radius 3 is 2.67 bits per heavy atom. The topological polar surface area (TPSA) is 38.0 Å². The van der Waals surface area contributed by atoms with Gasteiger partial charge in [0, 0.05) is 5.56 Å². The summed E-state index contributed by atoms with van der Waals surface area (Å²) in [4.78, 5) is 0.220. The van der Waals surface area contributed by atoms with E-state index >= 15 is 0 Å². The van der Waals surface area contributed by atoms with E-state index in [9.17, 15) is 8.78 Å². The van der Waals surface area contributed by atoms with Crippen LogP contribution in [0.25, 0.3) is 0 Å². The average Bonchev–Trinajstić information content (AvgIpc) is 2.15. The summed E-state index contributed by atoms with van der Waals surface area (Å²) >= 11 is 10.6. The Morgan fingerprint density at radius 2 is 2.20 bits per heavy atom. The van der Waals surface area contributed by atoms with E-state index < -0.39 is 13.0 Å². The molecule has 0 atom stereocenters. The van der Waals surface area contributed by atoms with Crippen molar-refractivity contribution in [3.05, 3.63) is 28.8 Å². The quantitative estimate of drug-likeness (QED) is 0.807. The highest BCUT2D eigenvalue weighted by molar-refractivity contribution is 7.80. The Labute approximate surface area is 96.4 Å². The molecule has 0 aromatic heterocycles. The molecule has 0 unspecified atom stereocenters. The molecule has 0 saturated carbocycles. The van der Waals surface area contributed by atoms with Crippen LogP contribution in [0, 0.1) is 0 Å². The molecule has 0 aliphatic carbocycles. The molecule has 0 heterocycles. The molecular formula is C9H9ClF2N2S. The van der Waals surface area contributed by atoms with Crippen LogP contribution in [-0.4, -0.2) is 18.0 Å². The van der Waals surface area contributed by atoms with E-state index in [-0.39, 0.29) is 4.99 Å². The van der Waals surface area contributed by atoms with Crippen LogP contribution in [0.4, 0.5) is 14.5 Å². The summed E-state index contributed by atoms with van der Waals surface area (Å²) in [6.45, 7) is -0.438. The van der Waals surface area contributed by atoms with Crippen LogP contribution in [-0.2, 0) is 0 Å². The summed E-state index contributed by atoms with van der Waals surface area (Å²) in [5.74, 6) is 0. The number of anilines is 1. The Hall–Kier alpha value is -0.940. The van der Waals surface area contributed by atoms with Crippen LogP contribution in [0.15, 0.2) is 18.2 Å². The fraction of sp³-hybridized carbons (Fsp3) is 0.222. The van der Waals surface area contributed by atoms with Crippen LogP contribution in [0.3, 0.4) is 0 Å². The Bertz CT molecular complexity index is 371. The SMILES string of the molecule is NC(=S)c1ccc(NCC(F)F)c(Cl)c1. The van der Waals surface area contributed by atoms with Crippen molar-refractivity contribution in [3.8, 4) is 0 Å². The van der Waals surface area contributed by atoms with Gasteiger partial charge in [-0.15, -0.1) is 0 Å². The number of hydrogen-bond acceptors (Lipinski definition) is 2. The number of halogens is 3. The molecule has 0 saturated heterocycles. The first-order chi connectivity index (χ1) is 7.00. The van der Waals surface area contributed by atoms with Crippen LogP contribution in [0.2, 0.25) is 5.02 Å². The highest BCUT2D eigenvalue weighted by Gasteiger charge is 2.06. The lowest BCUT2D eigenvalue weighted by Crippen LogP contribution is -2.12. The molecule has 1 aromatic rings. The third-order valence-corrected chi connectivity index (χ3v) is 2.25. The fourth-order valence-corrected chi connectivity index (χ4v) is 1.37. The van der Waals surface area contributed by atoms with Crippen LogP contribution in [0.1, 0.15) is 5.56 Å². The van der Waals surface area contributed by atoms with E-state index in [0.29, 0.717) is 16.3 Å². The average molecular weight is 251 g/mol. The third kappa shape index (κ3) is 3.60. The highest BCUT2D eigenvalue weighted by Crippen LogP contribution is 2.23. The predicted molar refractivity (Wildman–Crippen MR) is 61.8 cm³/mol. The first kappa shape index (κ1) is 12.1. The van der Waals surface area contributed by atoms with E-state index in [4.69, 9.17) is 29.6 Å². The first-order valence-corrected chi connectivity index (χ1v) is 4.90. The highest BCUT2D eigenvalue weighted by atomic mass is 35.5. The maximum Gasteiger partial charge on any atom is 0.255 e. The minimum absolute atomic E-state index is 0.220. The molecule has 0 aliphatic heterocycles. The van der Waals surface area contributed by atoms with Crippen LogP contribution < -0.4 is 11.1 Å². The fourth-order valence-electron chi connectivity index (χ4n) is 0.999. The lowest BCUT2D eigenvalue weighted by atomic mass is 10.2. The zero-order valence-corrected chi connectivity index (χ0v) is 9.21. The van der Waals surface area contributed by atoms with Gasteiger partial charge in [-0.2, -0.15) is 0 Å². The van der Waals surface area contributed by atoms with Gasteiger partial charge in [0.15, 0.2) is 0 Å². The van der Waals surface area contributed by atoms with Crippen molar-refractivity contribution in [2.45, 2.75) is 6.43 Å². The Balaban J connectivity index is 2.79. The Morgan fingerprint density at radius 1 is 1.53 bits per heavy atom. The van der Waals surface area contributed by atoms with Gasteiger partial charge in [0.25, 0.3) is 6.43 Å². The molecule has 0 bridgehead atoms. The van der Waals surface area contributed by atoms with Gasteiger partial charge in [-0.1, -0.05) is 23.8 Å². The largest absolute Gasteiger partial charge is 0.389 e. The molecule has 0 spiro atoms. The van der Waals surface area contributed by atoms with Gasteiger partial charge >= 0.3 is 0 Å². The molecule has 0 aliphatic rings. The number of nitrogens with two attached hydrogens (primary N) is 1. The molecule has 6 heteroatoms. The summed E-state index contributed by atoms with van der Waals surface area (Å²) in [5, 5.41) is 2.83. The van der Waals surface area contributed by atoms with Gasteiger partial charge in [0.05, 0.1) is 17.3 Å². The minimum atomic E-state index is -2.42. The van der Waals surface area contributed by atoms with Gasteiger partial charge in [-0.25, -0.2) is 8.78 Å². The number of rotatable bonds is 4. The molecular weight excluding hydrogens is 242 g/mol. The van der Waals surface area contributed by atoms with Crippen molar-refractivity contribution in [3.63, 3.8) is 0 Å². The summed E-state index contributed by atoms with van der Waals surface area (Å²) in [7, 11) is 0. The van der Waals surface area contributed by atoms with Gasteiger partial charge in [0.1, 0.15) is 4.99 Å². The molecule has 15 heavy (non-hydrogen) atoms. The third-order valence-electron chi connectivity index (χ3n) is 1.70. The maximum absolute atomic E-state index is 11.9. The van der Waals surface area contributed by atoms with Crippen LogP contribution in [0.5, 0.6) is 0 Å². The lowest BCUT2D eigenvalue weighted by molar-refractivity contribution is 0.163. The van der Waals surface area contributed by atoms with E-state index in [1.807, 2.05) is 0 Å². The number of alkyl halides is 2. The van der Waals surface area contributed by atoms with Crippen molar-refractivity contribution >= 4 is 34.5 Å². The van der Waals surface area contributed by atoms with Crippen molar-refractivity contribution in [1.29, 1.82) is 0 Å². The van der Waals surface area contributed by atoms with Gasteiger partial charge in [0.2, 0.25) is 0 Å². The molecule has 0 amide bonds. The van der Waals surface area contributed by atoms with E-state index in [2.05, 4.69) is 5.32 Å². The smallest absolute Gasteiger partial charge is 0.255 e. The van der Waals surface area contributed by atoms with Crippen LogP contribution >= 0.6 is 23.8 Å². The summed E-state index contributed by atoms with van der Waals surface area (Å²) in [6.07, 6.45) is -2.42. The molecule has 1 rings (SSSR count). The standard InChI is InChI=1S/C9H9ClF2N2S/c10-6-3-5(9(13)15)1-2-7(6)14-4-8(11)12/h1-3,8,14H,4H2,(H2,13,15). The molecule has 82 valence electrons. The van der Waals surface area contributed by atoms with Gasteiger partial charge < -0.3 is 11.1 Å². The van der Waals surface area contributed by atoms with Crippen molar-refractivity contribution in [2.75, 3.05) is 11.9 Å². The van der Waals surface area contributed by atoms with E-state index in [0.717, 1.165) is 0 Å². The molecule has 3 N–H and O–H groups in total. The van der Waals surface area contributed by atoms with Gasteiger partial charge in [-0.05, 0) is 18.2 Å². The summed E-state index contributed by atoms with van der Waals surface area (Å²) in [5.41, 5.74) is 6.44. The summed E-state index contributed by atoms with van der Waals surface area (Å²) in [6, 6.07) is 4.74. The number of thiocarbonyl (C=S) groups is 1. The maximum atomic E-state index is 11.9.